The van der Waals surface area contributed by atoms with Crippen molar-refractivity contribution in [3.8, 4) is 0 Å². The lowest BCUT2D eigenvalue weighted by Gasteiger charge is -2.20. The van der Waals surface area contributed by atoms with E-state index in [0.29, 0.717) is 12.3 Å². The molecule has 0 spiro atoms. The zero-order chi connectivity index (χ0) is 16.6. The van der Waals surface area contributed by atoms with Crippen LogP contribution in [0.2, 0.25) is 0 Å². The number of amides is 2. The molecule has 0 bridgehead atoms. The lowest BCUT2D eigenvalue weighted by atomic mass is 10.2. The number of carbonyl (C=O) groups is 2. The van der Waals surface area contributed by atoms with E-state index in [4.69, 9.17) is 5.11 Å². The van der Waals surface area contributed by atoms with Crippen molar-refractivity contribution < 1.29 is 14.7 Å². The van der Waals surface area contributed by atoms with E-state index in [-0.39, 0.29) is 10.7 Å². The molecule has 0 aliphatic carbocycles. The molecule has 1 unspecified atom stereocenters. The van der Waals surface area contributed by atoms with Crippen LogP contribution in [0.1, 0.15) is 26.3 Å². The first-order chi connectivity index (χ1) is 10.3. The van der Waals surface area contributed by atoms with Gasteiger partial charge in [0, 0.05) is 17.0 Å². The molecule has 1 atom stereocenters. The molecule has 1 aromatic carbocycles. The summed E-state index contributed by atoms with van der Waals surface area (Å²) in [6.07, 6.45) is -1.19. The molecule has 0 fully saturated rings. The Morgan fingerprint density at radius 2 is 1.86 bits per heavy atom. The van der Waals surface area contributed by atoms with Crippen molar-refractivity contribution in [1.82, 2.24) is 10.6 Å². The van der Waals surface area contributed by atoms with E-state index in [1.54, 1.807) is 10.8 Å². The molecule has 3 N–H and O–H groups in total. The Labute approximate surface area is 139 Å². The van der Waals surface area contributed by atoms with Gasteiger partial charge in [0.2, 0.25) is 5.91 Å². The van der Waals surface area contributed by atoms with E-state index < -0.39 is 12.1 Å². The van der Waals surface area contributed by atoms with Gasteiger partial charge in [-0.25, -0.2) is 4.79 Å². The molecule has 0 aliphatic rings. The maximum atomic E-state index is 12.1. The predicted octanol–water partition coefficient (Wildman–Crippen LogP) is 3.12. The lowest BCUT2D eigenvalue weighted by Crippen LogP contribution is -2.47. The molecule has 0 aliphatic heterocycles. The van der Waals surface area contributed by atoms with Crippen molar-refractivity contribution in [2.75, 3.05) is 5.75 Å². The molecule has 7 heteroatoms. The average molecular weight is 342 g/mol. The lowest BCUT2D eigenvalue weighted by molar-refractivity contribution is -0.122. The molecular weight excluding hydrogens is 320 g/mol. The van der Waals surface area contributed by atoms with E-state index in [2.05, 4.69) is 31.4 Å². The Morgan fingerprint density at radius 3 is 2.41 bits per heavy atom. The van der Waals surface area contributed by atoms with Crippen LogP contribution in [0.5, 0.6) is 0 Å². The summed E-state index contributed by atoms with van der Waals surface area (Å²) in [6.45, 7) is 6.59. The van der Waals surface area contributed by atoms with Gasteiger partial charge in [-0.15, -0.1) is 0 Å². The molecule has 122 valence electrons. The molecule has 0 radical (unpaired) electrons. The number of hydrogen-bond donors (Lipinski definition) is 3. The minimum atomic E-state index is -1.19. The van der Waals surface area contributed by atoms with Crippen molar-refractivity contribution in [3.05, 3.63) is 35.9 Å². The molecule has 5 nitrogen and oxygen atoms in total. The van der Waals surface area contributed by atoms with Gasteiger partial charge in [-0.3, -0.25) is 4.79 Å². The van der Waals surface area contributed by atoms with Gasteiger partial charge < -0.3 is 15.7 Å². The smallest absolute Gasteiger partial charge is 0.405 e. The minimum Gasteiger partial charge on any atom is -0.465 e. The Kier molecular flexibility index (Phi) is 7.61. The first-order valence-corrected chi connectivity index (χ1v) is 9.21. The number of rotatable bonds is 7. The van der Waals surface area contributed by atoms with Gasteiger partial charge in [-0.2, -0.15) is 0 Å². The van der Waals surface area contributed by atoms with E-state index >= 15 is 0 Å². The molecule has 0 saturated carbocycles. The molecule has 0 aromatic heterocycles. The summed E-state index contributed by atoms with van der Waals surface area (Å²) in [7, 11) is 3.11. The van der Waals surface area contributed by atoms with Crippen molar-refractivity contribution in [2.24, 2.45) is 0 Å². The number of carboxylic acid groups (broad SMARTS) is 1. The van der Waals surface area contributed by atoms with Crippen molar-refractivity contribution in [1.29, 1.82) is 0 Å². The fourth-order valence-electron chi connectivity index (χ4n) is 1.52. The van der Waals surface area contributed by atoms with Crippen LogP contribution in [-0.4, -0.2) is 33.6 Å². The molecule has 1 aromatic rings. The van der Waals surface area contributed by atoms with E-state index in [1.807, 2.05) is 30.3 Å². The zero-order valence-corrected chi connectivity index (χ0v) is 14.6. The van der Waals surface area contributed by atoms with E-state index in [0.717, 1.165) is 5.56 Å². The Bertz CT molecular complexity index is 489. The molecule has 2 amide bonds. The molecule has 22 heavy (non-hydrogen) atoms. The Morgan fingerprint density at radius 1 is 1.23 bits per heavy atom. The van der Waals surface area contributed by atoms with Crippen molar-refractivity contribution in [2.45, 2.75) is 38.1 Å². The zero-order valence-electron chi connectivity index (χ0n) is 13.0. The Hall–Kier alpha value is -1.34. The van der Waals surface area contributed by atoms with Crippen LogP contribution < -0.4 is 10.6 Å². The third kappa shape index (κ3) is 8.19. The second kappa shape index (κ2) is 8.95. The average Bonchev–Trinajstić information content (AvgIpc) is 2.43. The predicted molar refractivity (Wildman–Crippen MR) is 93.0 cm³/mol. The van der Waals surface area contributed by atoms with Gasteiger partial charge in [-0.1, -0.05) is 72.7 Å². The van der Waals surface area contributed by atoms with Crippen molar-refractivity contribution in [3.63, 3.8) is 0 Å². The summed E-state index contributed by atoms with van der Waals surface area (Å²) in [5, 5.41) is 13.9. The fraction of sp³-hybridized carbons (Fsp3) is 0.467. The summed E-state index contributed by atoms with van der Waals surface area (Å²) < 4.78 is 0.0545. The quantitative estimate of drug-likeness (QED) is 0.664. The highest BCUT2D eigenvalue weighted by atomic mass is 33.1. The number of hydrogen-bond acceptors (Lipinski definition) is 4. The van der Waals surface area contributed by atoms with Crippen LogP contribution in [0.15, 0.2) is 30.3 Å². The maximum Gasteiger partial charge on any atom is 0.405 e. The van der Waals surface area contributed by atoms with Crippen LogP contribution in [0.25, 0.3) is 0 Å². The standard InChI is InChI=1S/C15H22N2O3S2/c1-15(2,3)22-21-10-12(17-14(19)20)13(18)16-9-11-7-5-4-6-8-11/h4-8,12,17H,9-10H2,1-3H3,(H,16,18)(H,19,20). The number of nitrogens with one attached hydrogen (secondary N) is 2. The van der Waals surface area contributed by atoms with Crippen LogP contribution >= 0.6 is 21.6 Å². The van der Waals surface area contributed by atoms with E-state index in [1.165, 1.54) is 10.8 Å². The number of carbonyl (C=O) groups excluding carboxylic acids is 1. The molecular formula is C15H22N2O3S2. The summed E-state index contributed by atoms with van der Waals surface area (Å²) in [4.78, 5) is 23.0. The van der Waals surface area contributed by atoms with Crippen molar-refractivity contribution >= 4 is 33.6 Å². The molecule has 0 heterocycles. The summed E-state index contributed by atoms with van der Waals surface area (Å²) in [6, 6.07) is 8.74. The van der Waals surface area contributed by atoms with Gasteiger partial charge >= 0.3 is 6.09 Å². The minimum absolute atomic E-state index is 0.0545. The Balaban J connectivity index is 2.50. The van der Waals surface area contributed by atoms with Gasteiger partial charge in [-0.05, 0) is 5.56 Å². The van der Waals surface area contributed by atoms with Crippen LogP contribution in [0, 0.1) is 0 Å². The highest BCUT2D eigenvalue weighted by Crippen LogP contribution is 2.35. The maximum absolute atomic E-state index is 12.1. The van der Waals surface area contributed by atoms with Crippen LogP contribution in [-0.2, 0) is 11.3 Å². The third-order valence-electron chi connectivity index (χ3n) is 2.47. The summed E-state index contributed by atoms with van der Waals surface area (Å²) >= 11 is 0. The normalized spacial score (nSPS) is 12.5. The fourth-order valence-corrected chi connectivity index (χ4v) is 3.98. The summed E-state index contributed by atoms with van der Waals surface area (Å²) in [5.74, 6) is 0.0720. The third-order valence-corrected chi connectivity index (χ3v) is 5.82. The topological polar surface area (TPSA) is 78.4 Å². The highest BCUT2D eigenvalue weighted by molar-refractivity contribution is 8.77. The number of benzene rings is 1. The van der Waals surface area contributed by atoms with Gasteiger partial charge in [0.1, 0.15) is 6.04 Å². The SMILES string of the molecule is CC(C)(C)SSCC(NC(=O)O)C(=O)NCc1ccccc1. The first-order valence-electron chi connectivity index (χ1n) is 6.89. The first kappa shape index (κ1) is 18.7. The van der Waals surface area contributed by atoms with Gasteiger partial charge in [0.25, 0.3) is 0 Å². The molecule has 1 rings (SSSR count). The van der Waals surface area contributed by atoms with Gasteiger partial charge in [0.05, 0.1) is 0 Å². The largest absolute Gasteiger partial charge is 0.465 e. The van der Waals surface area contributed by atoms with Crippen LogP contribution in [0.3, 0.4) is 0 Å². The second-order valence-corrected chi connectivity index (χ2v) is 8.85. The highest BCUT2D eigenvalue weighted by Gasteiger charge is 2.22. The monoisotopic (exact) mass is 342 g/mol. The summed E-state index contributed by atoms with van der Waals surface area (Å²) in [5.41, 5.74) is 0.974. The van der Waals surface area contributed by atoms with E-state index in [9.17, 15) is 9.59 Å². The van der Waals surface area contributed by atoms with Crippen LogP contribution in [0.4, 0.5) is 4.79 Å². The van der Waals surface area contributed by atoms with Gasteiger partial charge in [0.15, 0.2) is 0 Å². The molecule has 0 saturated heterocycles. The second-order valence-electron chi connectivity index (χ2n) is 5.69.